The number of carbonyl (C=O) groups is 1. The van der Waals surface area contributed by atoms with Crippen molar-refractivity contribution in [3.05, 3.63) is 0 Å². The monoisotopic (exact) mass is 307 g/mol. The van der Waals surface area contributed by atoms with E-state index in [-0.39, 0.29) is 5.91 Å². The molecule has 4 nitrogen and oxygen atoms in total. The summed E-state index contributed by atoms with van der Waals surface area (Å²) < 4.78 is 10.8. The van der Waals surface area contributed by atoms with Gasteiger partial charge in [0.05, 0.1) is 19.8 Å². The Balaban J connectivity index is 2.63. The summed E-state index contributed by atoms with van der Waals surface area (Å²) in [7, 11) is 0. The van der Waals surface area contributed by atoms with E-state index in [9.17, 15) is 4.79 Å². The molecule has 0 aromatic carbocycles. The van der Waals surface area contributed by atoms with E-state index < -0.39 is 6.10 Å². The molecule has 1 saturated heterocycles. The minimum absolute atomic E-state index is 0.0675. The zero-order valence-electron chi connectivity index (χ0n) is 10.7. The molecule has 17 heavy (non-hydrogen) atoms. The largest absolute Gasteiger partial charge is 0.376 e. The molecule has 0 aromatic heterocycles. The van der Waals surface area contributed by atoms with Gasteiger partial charge in [-0.05, 0) is 12.8 Å². The van der Waals surface area contributed by atoms with Crippen LogP contribution in [0.1, 0.15) is 26.7 Å². The van der Waals surface area contributed by atoms with Crippen LogP contribution in [0.3, 0.4) is 0 Å². The molecule has 1 unspecified atom stereocenters. The van der Waals surface area contributed by atoms with Gasteiger partial charge < -0.3 is 14.4 Å². The molecule has 0 bridgehead atoms. The number of hydrogen-bond acceptors (Lipinski definition) is 3. The number of carbonyl (C=O) groups excluding carboxylic acids is 1. The van der Waals surface area contributed by atoms with Crippen LogP contribution in [-0.4, -0.2) is 54.6 Å². The Bertz CT molecular complexity index is 228. The van der Waals surface area contributed by atoms with Crippen LogP contribution in [0.25, 0.3) is 0 Å². The smallest absolute Gasteiger partial charge is 0.254 e. The van der Waals surface area contributed by atoms with Crippen LogP contribution in [0.5, 0.6) is 0 Å². The molecule has 0 aromatic rings. The van der Waals surface area contributed by atoms with Crippen molar-refractivity contribution in [2.75, 3.05) is 31.7 Å². The third kappa shape index (κ3) is 4.23. The van der Waals surface area contributed by atoms with Gasteiger partial charge in [0.2, 0.25) is 0 Å². The number of hydrogen-bond donors (Lipinski definition) is 0. The third-order valence-electron chi connectivity index (χ3n) is 3.08. The lowest BCUT2D eigenvalue weighted by molar-refractivity contribution is -0.160. The second-order valence-corrected chi connectivity index (χ2v) is 4.92. The maximum atomic E-state index is 12.3. The van der Waals surface area contributed by atoms with E-state index in [4.69, 9.17) is 9.47 Å². The average molecular weight is 308 g/mol. The summed E-state index contributed by atoms with van der Waals surface area (Å²) >= 11 is 3.40. The van der Waals surface area contributed by atoms with Crippen molar-refractivity contribution >= 4 is 21.8 Å². The van der Waals surface area contributed by atoms with Crippen molar-refractivity contribution in [3.63, 3.8) is 0 Å². The van der Waals surface area contributed by atoms with Crippen LogP contribution in [0.2, 0.25) is 0 Å². The quantitative estimate of drug-likeness (QED) is 0.703. The molecule has 1 amide bonds. The molecule has 1 aliphatic rings. The normalized spacial score (nSPS) is 20.6. The molecular formula is C12H22BrNO3. The van der Waals surface area contributed by atoms with E-state index in [1.807, 2.05) is 4.90 Å². The summed E-state index contributed by atoms with van der Waals surface area (Å²) in [5, 5.41) is 0.794. The molecule has 5 heteroatoms. The first-order valence-electron chi connectivity index (χ1n) is 6.30. The molecule has 1 heterocycles. The summed E-state index contributed by atoms with van der Waals surface area (Å²) in [6, 6.07) is 0.297. The number of alkyl halides is 1. The highest BCUT2D eigenvalue weighted by atomic mass is 79.9. The van der Waals surface area contributed by atoms with Crippen LogP contribution < -0.4 is 0 Å². The van der Waals surface area contributed by atoms with Crippen molar-refractivity contribution in [3.8, 4) is 0 Å². The van der Waals surface area contributed by atoms with Gasteiger partial charge in [-0.3, -0.25) is 4.79 Å². The fourth-order valence-electron chi connectivity index (χ4n) is 2.11. The Morgan fingerprint density at radius 1 is 1.41 bits per heavy atom. The van der Waals surface area contributed by atoms with Crippen molar-refractivity contribution in [1.29, 1.82) is 0 Å². The van der Waals surface area contributed by atoms with E-state index in [1.165, 1.54) is 0 Å². The SMILES string of the molecule is CCC(CC)N(CCBr)C(=O)C1COCCO1. The first-order chi connectivity index (χ1) is 8.24. The molecule has 0 N–H and O–H groups in total. The van der Waals surface area contributed by atoms with Gasteiger partial charge in [-0.2, -0.15) is 0 Å². The first-order valence-corrected chi connectivity index (χ1v) is 7.42. The number of rotatable bonds is 6. The summed E-state index contributed by atoms with van der Waals surface area (Å²) in [6.45, 7) is 6.44. The zero-order chi connectivity index (χ0) is 12.7. The highest BCUT2D eigenvalue weighted by Crippen LogP contribution is 2.14. The van der Waals surface area contributed by atoms with Gasteiger partial charge in [0, 0.05) is 17.9 Å². The number of amides is 1. The Kier molecular flexibility index (Phi) is 7.08. The Hall–Kier alpha value is -0.130. The number of nitrogens with zero attached hydrogens (tertiary/aromatic N) is 1. The molecule has 100 valence electrons. The van der Waals surface area contributed by atoms with Crippen LogP contribution in [-0.2, 0) is 14.3 Å². The lowest BCUT2D eigenvalue weighted by Gasteiger charge is -2.34. The predicted octanol–water partition coefficient (Wildman–Crippen LogP) is 1.81. The lowest BCUT2D eigenvalue weighted by Crippen LogP contribution is -2.50. The van der Waals surface area contributed by atoms with Crippen molar-refractivity contribution in [1.82, 2.24) is 4.90 Å². The van der Waals surface area contributed by atoms with Crippen LogP contribution >= 0.6 is 15.9 Å². The molecule has 0 radical (unpaired) electrons. The molecule has 0 saturated carbocycles. The molecule has 0 aliphatic carbocycles. The lowest BCUT2D eigenvalue weighted by atomic mass is 10.1. The van der Waals surface area contributed by atoms with Crippen molar-refractivity contribution in [2.24, 2.45) is 0 Å². The van der Waals surface area contributed by atoms with Crippen LogP contribution in [0, 0.1) is 0 Å². The van der Waals surface area contributed by atoms with Gasteiger partial charge in [0.15, 0.2) is 6.10 Å². The van der Waals surface area contributed by atoms with Gasteiger partial charge in [-0.15, -0.1) is 0 Å². The van der Waals surface area contributed by atoms with Gasteiger partial charge in [-0.25, -0.2) is 0 Å². The fourth-order valence-corrected chi connectivity index (χ4v) is 2.49. The molecule has 1 atom stereocenters. The maximum absolute atomic E-state index is 12.3. The minimum atomic E-state index is -0.414. The minimum Gasteiger partial charge on any atom is -0.376 e. The standard InChI is InChI=1S/C12H22BrNO3/c1-3-10(4-2)14(6-5-13)12(15)11-9-16-7-8-17-11/h10-11H,3-9H2,1-2H3. The van der Waals surface area contributed by atoms with Crippen LogP contribution in [0.15, 0.2) is 0 Å². The molecule has 0 spiro atoms. The van der Waals surface area contributed by atoms with Crippen molar-refractivity contribution < 1.29 is 14.3 Å². The van der Waals surface area contributed by atoms with E-state index in [0.29, 0.717) is 25.9 Å². The van der Waals surface area contributed by atoms with Gasteiger partial charge in [0.1, 0.15) is 0 Å². The Morgan fingerprint density at radius 2 is 2.12 bits per heavy atom. The van der Waals surface area contributed by atoms with E-state index in [0.717, 1.165) is 24.7 Å². The second kappa shape index (κ2) is 8.06. The van der Waals surface area contributed by atoms with E-state index in [1.54, 1.807) is 0 Å². The topological polar surface area (TPSA) is 38.8 Å². The molecule has 1 aliphatic heterocycles. The molecular weight excluding hydrogens is 286 g/mol. The Labute approximate surface area is 112 Å². The fraction of sp³-hybridized carbons (Fsp3) is 0.917. The molecule has 1 fully saturated rings. The molecule has 1 rings (SSSR count). The third-order valence-corrected chi connectivity index (χ3v) is 3.44. The summed E-state index contributed by atoms with van der Waals surface area (Å²) in [4.78, 5) is 14.3. The Morgan fingerprint density at radius 3 is 2.59 bits per heavy atom. The summed E-state index contributed by atoms with van der Waals surface area (Å²) in [5.74, 6) is 0.0675. The summed E-state index contributed by atoms with van der Waals surface area (Å²) in [6.07, 6.45) is 1.54. The van der Waals surface area contributed by atoms with Gasteiger partial charge >= 0.3 is 0 Å². The number of halogens is 1. The first kappa shape index (κ1) is 14.9. The predicted molar refractivity (Wildman–Crippen MR) is 70.4 cm³/mol. The average Bonchev–Trinajstić information content (AvgIpc) is 2.39. The highest BCUT2D eigenvalue weighted by Gasteiger charge is 2.30. The van der Waals surface area contributed by atoms with Gasteiger partial charge in [0.25, 0.3) is 5.91 Å². The number of ether oxygens (including phenoxy) is 2. The zero-order valence-corrected chi connectivity index (χ0v) is 12.2. The van der Waals surface area contributed by atoms with E-state index >= 15 is 0 Å². The van der Waals surface area contributed by atoms with Crippen LogP contribution in [0.4, 0.5) is 0 Å². The highest BCUT2D eigenvalue weighted by molar-refractivity contribution is 9.09. The van der Waals surface area contributed by atoms with E-state index in [2.05, 4.69) is 29.8 Å². The summed E-state index contributed by atoms with van der Waals surface area (Å²) in [5.41, 5.74) is 0. The van der Waals surface area contributed by atoms with Crippen molar-refractivity contribution in [2.45, 2.75) is 38.8 Å². The second-order valence-electron chi connectivity index (χ2n) is 4.13. The maximum Gasteiger partial charge on any atom is 0.254 e. The van der Waals surface area contributed by atoms with Gasteiger partial charge in [-0.1, -0.05) is 29.8 Å².